The number of H-pyrrole nitrogens is 1. The van der Waals surface area contributed by atoms with E-state index in [1.165, 1.54) is 0 Å². The number of nitrogens with one attached hydrogen (secondary N) is 2. The Morgan fingerprint density at radius 2 is 2.05 bits per heavy atom. The fourth-order valence-corrected chi connectivity index (χ4v) is 2.01. The van der Waals surface area contributed by atoms with E-state index in [-0.39, 0.29) is 24.5 Å². The van der Waals surface area contributed by atoms with Gasteiger partial charge in [0, 0.05) is 30.8 Å². The molecule has 0 atom stereocenters. The van der Waals surface area contributed by atoms with Gasteiger partial charge in [0.2, 0.25) is 5.91 Å². The van der Waals surface area contributed by atoms with Crippen LogP contribution in [0.5, 0.6) is 0 Å². The van der Waals surface area contributed by atoms with Gasteiger partial charge < -0.3 is 15.4 Å². The second-order valence-electron chi connectivity index (χ2n) is 4.85. The quantitative estimate of drug-likeness (QED) is 0.608. The highest BCUT2D eigenvalue weighted by Crippen LogP contribution is 2.02. The van der Waals surface area contributed by atoms with Crippen LogP contribution in [0.15, 0.2) is 4.79 Å². The van der Waals surface area contributed by atoms with E-state index in [1.54, 1.807) is 13.8 Å². The summed E-state index contributed by atoms with van der Waals surface area (Å²) in [7, 11) is 0. The molecule has 1 aromatic heterocycles. The van der Waals surface area contributed by atoms with Crippen molar-refractivity contribution < 1.29 is 9.90 Å². The van der Waals surface area contributed by atoms with Gasteiger partial charge in [0.05, 0.1) is 0 Å². The molecule has 0 spiro atoms. The van der Waals surface area contributed by atoms with E-state index >= 15 is 0 Å². The number of hydrogen-bond acceptors (Lipinski definition) is 4. The summed E-state index contributed by atoms with van der Waals surface area (Å²) in [6.07, 6.45) is 3.21. The van der Waals surface area contributed by atoms with Crippen molar-refractivity contribution in [1.29, 1.82) is 0 Å². The van der Waals surface area contributed by atoms with Gasteiger partial charge in [-0.15, -0.1) is 0 Å². The number of carbonyl (C=O) groups is 1. The first-order chi connectivity index (χ1) is 9.54. The van der Waals surface area contributed by atoms with E-state index in [0.29, 0.717) is 30.0 Å². The number of aryl methyl sites for hydroxylation is 2. The highest BCUT2D eigenvalue weighted by molar-refractivity contribution is 5.76. The Hall–Kier alpha value is -1.69. The minimum absolute atomic E-state index is 0.0617. The molecule has 0 fully saturated rings. The van der Waals surface area contributed by atoms with Crippen molar-refractivity contribution >= 4 is 5.91 Å². The Balaban J connectivity index is 2.36. The van der Waals surface area contributed by atoms with Crippen LogP contribution < -0.4 is 10.9 Å². The van der Waals surface area contributed by atoms with E-state index in [1.807, 2.05) is 0 Å². The molecule has 0 aliphatic carbocycles. The maximum absolute atomic E-state index is 11.8. The van der Waals surface area contributed by atoms with Crippen LogP contribution >= 0.6 is 0 Å². The third-order valence-corrected chi connectivity index (χ3v) is 3.10. The molecule has 3 N–H and O–H groups in total. The van der Waals surface area contributed by atoms with Crippen LogP contribution in [0.2, 0.25) is 0 Å². The van der Waals surface area contributed by atoms with Gasteiger partial charge in [-0.2, -0.15) is 0 Å². The summed E-state index contributed by atoms with van der Waals surface area (Å²) < 4.78 is 0. The first kappa shape index (κ1) is 16.4. The predicted octanol–water partition coefficient (Wildman–Crippen LogP) is 0.598. The zero-order valence-electron chi connectivity index (χ0n) is 12.2. The Morgan fingerprint density at radius 3 is 2.70 bits per heavy atom. The lowest BCUT2D eigenvalue weighted by atomic mass is 10.1. The van der Waals surface area contributed by atoms with Gasteiger partial charge in [-0.3, -0.25) is 9.59 Å². The topological polar surface area (TPSA) is 95.1 Å². The lowest BCUT2D eigenvalue weighted by Gasteiger charge is -2.06. The summed E-state index contributed by atoms with van der Waals surface area (Å²) in [6.45, 7) is 4.32. The molecule has 0 aromatic carbocycles. The number of aliphatic hydroxyl groups is 1. The van der Waals surface area contributed by atoms with Gasteiger partial charge in [-0.25, -0.2) is 4.98 Å². The molecule has 0 bridgehead atoms. The molecule has 6 heteroatoms. The lowest BCUT2D eigenvalue weighted by molar-refractivity contribution is -0.121. The molecule has 6 nitrogen and oxygen atoms in total. The van der Waals surface area contributed by atoms with Gasteiger partial charge in [0.1, 0.15) is 5.82 Å². The first-order valence-corrected chi connectivity index (χ1v) is 6.98. The Bertz CT molecular complexity index is 497. The van der Waals surface area contributed by atoms with Gasteiger partial charge in [0.25, 0.3) is 5.56 Å². The summed E-state index contributed by atoms with van der Waals surface area (Å²) in [5, 5.41) is 11.4. The number of amides is 1. The van der Waals surface area contributed by atoms with Crippen molar-refractivity contribution in [2.45, 2.75) is 46.0 Å². The SMILES string of the molecule is Cc1nc(C)c(CCC(=O)NCCCCCO)c(=O)[nH]1. The third kappa shape index (κ3) is 5.52. The number of aliphatic hydroxyl groups excluding tert-OH is 1. The van der Waals surface area contributed by atoms with Crippen LogP contribution in [0.25, 0.3) is 0 Å². The Kier molecular flexibility index (Phi) is 6.93. The van der Waals surface area contributed by atoms with Crippen LogP contribution in [-0.4, -0.2) is 34.1 Å². The fraction of sp³-hybridized carbons (Fsp3) is 0.643. The zero-order chi connectivity index (χ0) is 15.0. The fourth-order valence-electron chi connectivity index (χ4n) is 2.01. The molecule has 20 heavy (non-hydrogen) atoms. The van der Waals surface area contributed by atoms with Gasteiger partial charge in [0.15, 0.2) is 0 Å². The molecule has 112 valence electrons. The molecule has 0 unspecified atom stereocenters. The second-order valence-corrected chi connectivity index (χ2v) is 4.85. The average Bonchev–Trinajstić information content (AvgIpc) is 2.37. The number of aromatic nitrogens is 2. The highest BCUT2D eigenvalue weighted by atomic mass is 16.2. The number of rotatable bonds is 8. The average molecular weight is 281 g/mol. The number of carbonyl (C=O) groups excluding carboxylic acids is 1. The molecular formula is C14H23N3O3. The van der Waals surface area contributed by atoms with E-state index in [9.17, 15) is 9.59 Å². The summed E-state index contributed by atoms with van der Waals surface area (Å²) in [5.41, 5.74) is 1.10. The largest absolute Gasteiger partial charge is 0.396 e. The first-order valence-electron chi connectivity index (χ1n) is 6.98. The second kappa shape index (κ2) is 8.47. The number of aromatic amines is 1. The molecule has 0 radical (unpaired) electrons. The summed E-state index contributed by atoms with van der Waals surface area (Å²) >= 11 is 0. The number of hydrogen-bond donors (Lipinski definition) is 3. The standard InChI is InChI=1S/C14H23N3O3/c1-10-12(14(20)17-11(2)16-10)6-7-13(19)15-8-4-3-5-9-18/h18H,3-9H2,1-2H3,(H,15,19)(H,16,17,20). The van der Waals surface area contributed by atoms with Crippen LogP contribution in [0.1, 0.15) is 42.8 Å². The third-order valence-electron chi connectivity index (χ3n) is 3.10. The van der Waals surface area contributed by atoms with Crippen LogP contribution in [0, 0.1) is 13.8 Å². The number of unbranched alkanes of at least 4 members (excludes halogenated alkanes) is 2. The predicted molar refractivity (Wildman–Crippen MR) is 76.6 cm³/mol. The van der Waals surface area contributed by atoms with Gasteiger partial charge in [-0.05, 0) is 39.5 Å². The zero-order valence-corrected chi connectivity index (χ0v) is 12.2. The summed E-state index contributed by atoms with van der Waals surface area (Å²) in [5.74, 6) is 0.526. The van der Waals surface area contributed by atoms with Crippen LogP contribution in [-0.2, 0) is 11.2 Å². The minimum atomic E-state index is -0.161. The van der Waals surface area contributed by atoms with Gasteiger partial charge >= 0.3 is 0 Å². The maximum Gasteiger partial charge on any atom is 0.254 e. The Labute approximate surface area is 118 Å². The molecule has 0 saturated carbocycles. The lowest BCUT2D eigenvalue weighted by Crippen LogP contribution is -2.26. The monoisotopic (exact) mass is 281 g/mol. The molecule has 0 saturated heterocycles. The van der Waals surface area contributed by atoms with Crippen molar-refractivity contribution in [2.75, 3.05) is 13.2 Å². The van der Waals surface area contributed by atoms with Crippen molar-refractivity contribution in [3.63, 3.8) is 0 Å². The molecule has 1 amide bonds. The maximum atomic E-state index is 11.8. The highest BCUT2D eigenvalue weighted by Gasteiger charge is 2.09. The van der Waals surface area contributed by atoms with Crippen LogP contribution in [0.3, 0.4) is 0 Å². The van der Waals surface area contributed by atoms with E-state index in [2.05, 4.69) is 15.3 Å². The van der Waals surface area contributed by atoms with Crippen molar-refractivity contribution in [1.82, 2.24) is 15.3 Å². The van der Waals surface area contributed by atoms with Gasteiger partial charge in [-0.1, -0.05) is 0 Å². The van der Waals surface area contributed by atoms with E-state index in [4.69, 9.17) is 5.11 Å². The molecule has 1 aromatic rings. The molecule has 0 aliphatic rings. The van der Waals surface area contributed by atoms with Crippen molar-refractivity contribution in [3.05, 3.63) is 27.4 Å². The van der Waals surface area contributed by atoms with Crippen molar-refractivity contribution in [3.8, 4) is 0 Å². The molecule has 1 rings (SSSR count). The Morgan fingerprint density at radius 1 is 1.30 bits per heavy atom. The normalized spacial score (nSPS) is 10.6. The van der Waals surface area contributed by atoms with Crippen LogP contribution in [0.4, 0.5) is 0 Å². The van der Waals surface area contributed by atoms with Crippen molar-refractivity contribution in [2.24, 2.45) is 0 Å². The minimum Gasteiger partial charge on any atom is -0.396 e. The summed E-state index contributed by atoms with van der Waals surface area (Å²) in [6, 6.07) is 0. The van der Waals surface area contributed by atoms with E-state index < -0.39 is 0 Å². The molecular weight excluding hydrogens is 258 g/mol. The summed E-state index contributed by atoms with van der Waals surface area (Å²) in [4.78, 5) is 30.2. The smallest absolute Gasteiger partial charge is 0.254 e. The molecule has 0 aliphatic heterocycles. The number of nitrogens with zero attached hydrogens (tertiary/aromatic N) is 1. The van der Waals surface area contributed by atoms with E-state index in [0.717, 1.165) is 19.3 Å². The molecule has 1 heterocycles.